The van der Waals surface area contributed by atoms with Crippen molar-refractivity contribution in [2.24, 2.45) is 11.7 Å². The van der Waals surface area contributed by atoms with Crippen LogP contribution in [0.5, 0.6) is 0 Å². The molecule has 0 spiro atoms. The van der Waals surface area contributed by atoms with Crippen molar-refractivity contribution in [2.45, 2.75) is 38.6 Å². The molecule has 1 atom stereocenters. The van der Waals surface area contributed by atoms with Gasteiger partial charge in [0.05, 0.1) is 0 Å². The summed E-state index contributed by atoms with van der Waals surface area (Å²) in [6.07, 6.45) is 3.17. The lowest BCUT2D eigenvalue weighted by Crippen LogP contribution is -2.63. The molecule has 0 aromatic heterocycles. The van der Waals surface area contributed by atoms with E-state index in [9.17, 15) is 4.79 Å². The minimum Gasteiger partial charge on any atom is -0.372 e. The number of para-hydroxylation sites is 1. The van der Waals surface area contributed by atoms with E-state index in [1.54, 1.807) is 0 Å². The van der Waals surface area contributed by atoms with E-state index in [0.29, 0.717) is 12.5 Å². The summed E-state index contributed by atoms with van der Waals surface area (Å²) in [7, 11) is 2.04. The summed E-state index contributed by atoms with van der Waals surface area (Å²) in [4.78, 5) is 14.3. The van der Waals surface area contributed by atoms with Crippen LogP contribution in [0.15, 0.2) is 24.3 Å². The van der Waals surface area contributed by atoms with Gasteiger partial charge in [-0.2, -0.15) is 0 Å². The molecule has 0 saturated heterocycles. The maximum absolute atomic E-state index is 12.2. The number of carbonyl (C=O) groups is 1. The largest absolute Gasteiger partial charge is 0.372 e. The van der Waals surface area contributed by atoms with Crippen LogP contribution in [-0.2, 0) is 4.79 Å². The molecule has 116 valence electrons. The van der Waals surface area contributed by atoms with Crippen molar-refractivity contribution >= 4 is 11.6 Å². The molecule has 3 N–H and O–H groups in total. The zero-order valence-corrected chi connectivity index (χ0v) is 13.4. The van der Waals surface area contributed by atoms with Crippen LogP contribution in [0.1, 0.15) is 31.7 Å². The maximum atomic E-state index is 12.2. The Morgan fingerprint density at radius 3 is 2.62 bits per heavy atom. The lowest BCUT2D eigenvalue weighted by Gasteiger charge is -2.37. The molecule has 1 fully saturated rings. The number of anilines is 1. The third-order valence-corrected chi connectivity index (χ3v) is 4.42. The monoisotopic (exact) mass is 289 g/mol. The maximum Gasteiger partial charge on any atom is 0.239 e. The number of benzene rings is 1. The number of nitrogens with zero attached hydrogens (tertiary/aromatic N) is 1. The molecule has 1 aromatic rings. The normalized spacial score (nSPS) is 17.3. The van der Waals surface area contributed by atoms with Gasteiger partial charge >= 0.3 is 0 Å². The average molecular weight is 289 g/mol. The number of hydrogen-bond donors (Lipinski definition) is 2. The van der Waals surface area contributed by atoms with Crippen LogP contribution in [-0.4, -0.2) is 31.6 Å². The Bertz CT molecular complexity index is 499. The number of carbonyl (C=O) groups excluding carboxylic acids is 1. The fourth-order valence-corrected chi connectivity index (χ4v) is 3.07. The van der Waals surface area contributed by atoms with Crippen molar-refractivity contribution in [3.8, 4) is 0 Å². The average Bonchev–Trinajstić information content (AvgIpc) is 3.28. The van der Waals surface area contributed by atoms with Gasteiger partial charge in [0.2, 0.25) is 5.91 Å². The van der Waals surface area contributed by atoms with Gasteiger partial charge in [-0.1, -0.05) is 25.1 Å². The van der Waals surface area contributed by atoms with Gasteiger partial charge in [-0.3, -0.25) is 4.79 Å². The molecule has 4 heteroatoms. The van der Waals surface area contributed by atoms with Gasteiger partial charge in [0.15, 0.2) is 0 Å². The summed E-state index contributed by atoms with van der Waals surface area (Å²) in [5.74, 6) is 0.145. The molecule has 0 bridgehead atoms. The molecule has 1 aliphatic carbocycles. The Balaban J connectivity index is 2.22. The van der Waals surface area contributed by atoms with Gasteiger partial charge in [-0.05, 0) is 50.3 Å². The number of rotatable bonds is 8. The molecular weight excluding hydrogens is 262 g/mol. The van der Waals surface area contributed by atoms with Crippen LogP contribution in [0.2, 0.25) is 0 Å². The van der Waals surface area contributed by atoms with Crippen molar-refractivity contribution in [1.29, 1.82) is 0 Å². The second kappa shape index (κ2) is 6.48. The van der Waals surface area contributed by atoms with Gasteiger partial charge in [-0.15, -0.1) is 0 Å². The molecule has 4 nitrogen and oxygen atoms in total. The van der Waals surface area contributed by atoms with Crippen LogP contribution in [0.25, 0.3) is 0 Å². The Morgan fingerprint density at radius 1 is 1.43 bits per heavy atom. The zero-order chi connectivity index (χ0) is 15.5. The predicted molar refractivity (Wildman–Crippen MR) is 87.4 cm³/mol. The van der Waals surface area contributed by atoms with Crippen molar-refractivity contribution in [2.75, 3.05) is 25.0 Å². The van der Waals surface area contributed by atoms with E-state index in [1.165, 1.54) is 5.56 Å². The summed E-state index contributed by atoms with van der Waals surface area (Å²) in [5.41, 5.74) is 7.55. The second-order valence-corrected chi connectivity index (χ2v) is 6.18. The molecule has 1 amide bonds. The molecule has 0 aliphatic heterocycles. The molecule has 1 aromatic carbocycles. The number of hydrogen-bond acceptors (Lipinski definition) is 3. The molecule has 0 radical (unpaired) electrons. The van der Waals surface area contributed by atoms with Crippen LogP contribution in [0, 0.1) is 12.8 Å². The third kappa shape index (κ3) is 3.38. The Kier molecular flexibility index (Phi) is 4.88. The van der Waals surface area contributed by atoms with E-state index in [4.69, 9.17) is 5.73 Å². The highest BCUT2D eigenvalue weighted by molar-refractivity contribution is 5.86. The number of nitrogens with one attached hydrogen (secondary N) is 1. The first kappa shape index (κ1) is 15.8. The topological polar surface area (TPSA) is 58.4 Å². The van der Waals surface area contributed by atoms with Gasteiger partial charge in [0.25, 0.3) is 0 Å². The van der Waals surface area contributed by atoms with E-state index < -0.39 is 5.54 Å². The summed E-state index contributed by atoms with van der Waals surface area (Å²) in [5, 5.41) is 3.45. The number of amides is 1. The highest BCUT2D eigenvalue weighted by Crippen LogP contribution is 2.40. The number of likely N-dealkylation sites (N-methyl/N-ethyl adjacent to an activating group) is 1. The fraction of sp³-hybridized carbons (Fsp3) is 0.588. The Hall–Kier alpha value is -1.55. The van der Waals surface area contributed by atoms with Gasteiger partial charge in [0.1, 0.15) is 5.54 Å². The van der Waals surface area contributed by atoms with E-state index in [0.717, 1.165) is 31.5 Å². The number of primary amides is 1. The first-order chi connectivity index (χ1) is 10.0. The fourth-order valence-electron chi connectivity index (χ4n) is 3.07. The molecule has 1 saturated carbocycles. The molecular formula is C17H27N3O. The first-order valence-corrected chi connectivity index (χ1v) is 7.83. The van der Waals surface area contributed by atoms with Crippen LogP contribution < -0.4 is 16.0 Å². The SMILES string of the molecule is CCCNC(CN(C)c1ccccc1C)(C(N)=O)C1CC1. The number of nitrogens with two attached hydrogens (primary N) is 1. The first-order valence-electron chi connectivity index (χ1n) is 7.83. The third-order valence-electron chi connectivity index (χ3n) is 4.42. The van der Waals surface area contributed by atoms with Crippen molar-refractivity contribution < 1.29 is 4.79 Å². The van der Waals surface area contributed by atoms with E-state index >= 15 is 0 Å². The highest BCUT2D eigenvalue weighted by atomic mass is 16.1. The van der Waals surface area contributed by atoms with E-state index in [-0.39, 0.29) is 5.91 Å². The standard InChI is InChI=1S/C17H27N3O/c1-4-11-19-17(16(18)21,14-9-10-14)12-20(3)15-8-6-5-7-13(15)2/h5-8,14,19H,4,9-12H2,1-3H3,(H2,18,21). The van der Waals surface area contributed by atoms with Crippen LogP contribution in [0.3, 0.4) is 0 Å². The van der Waals surface area contributed by atoms with E-state index in [1.807, 2.05) is 19.2 Å². The zero-order valence-electron chi connectivity index (χ0n) is 13.4. The summed E-state index contributed by atoms with van der Waals surface area (Å²) in [6.45, 7) is 5.64. The second-order valence-electron chi connectivity index (χ2n) is 6.18. The lowest BCUT2D eigenvalue weighted by molar-refractivity contribution is -0.125. The minimum atomic E-state index is -0.604. The lowest BCUT2D eigenvalue weighted by atomic mass is 9.90. The summed E-state index contributed by atoms with van der Waals surface area (Å²) in [6, 6.07) is 8.24. The van der Waals surface area contributed by atoms with Gasteiger partial charge in [0, 0.05) is 19.3 Å². The quantitative estimate of drug-likeness (QED) is 0.770. The molecule has 2 rings (SSSR count). The van der Waals surface area contributed by atoms with Gasteiger partial charge in [-0.25, -0.2) is 0 Å². The summed E-state index contributed by atoms with van der Waals surface area (Å²) >= 11 is 0. The van der Waals surface area contributed by atoms with Crippen molar-refractivity contribution in [1.82, 2.24) is 5.32 Å². The number of aryl methyl sites for hydroxylation is 1. The van der Waals surface area contributed by atoms with Crippen molar-refractivity contribution in [3.63, 3.8) is 0 Å². The minimum absolute atomic E-state index is 0.223. The summed E-state index contributed by atoms with van der Waals surface area (Å²) < 4.78 is 0. The smallest absolute Gasteiger partial charge is 0.239 e. The molecule has 0 heterocycles. The van der Waals surface area contributed by atoms with Crippen LogP contribution >= 0.6 is 0 Å². The van der Waals surface area contributed by atoms with Gasteiger partial charge < -0.3 is 16.0 Å². The molecule has 21 heavy (non-hydrogen) atoms. The molecule has 1 aliphatic rings. The van der Waals surface area contributed by atoms with Crippen molar-refractivity contribution in [3.05, 3.63) is 29.8 Å². The predicted octanol–water partition coefficient (Wildman–Crippen LogP) is 2.06. The molecule has 1 unspecified atom stereocenters. The van der Waals surface area contributed by atoms with Crippen LogP contribution in [0.4, 0.5) is 5.69 Å². The van der Waals surface area contributed by atoms with E-state index in [2.05, 4.69) is 36.2 Å². The highest BCUT2D eigenvalue weighted by Gasteiger charge is 2.50. The Morgan fingerprint density at radius 2 is 2.10 bits per heavy atom. The Labute approximate surface area is 127 Å².